The Bertz CT molecular complexity index is 513. The van der Waals surface area contributed by atoms with Crippen molar-refractivity contribution in [3.8, 4) is 11.5 Å². The quantitative estimate of drug-likeness (QED) is 0.829. The molecule has 3 heteroatoms. The van der Waals surface area contributed by atoms with Crippen molar-refractivity contribution in [3.05, 3.63) is 29.3 Å². The molecule has 0 amide bonds. The highest BCUT2D eigenvalue weighted by Gasteiger charge is 2.24. The van der Waals surface area contributed by atoms with Gasteiger partial charge in [0.1, 0.15) is 17.1 Å². The zero-order valence-electron chi connectivity index (χ0n) is 11.0. The van der Waals surface area contributed by atoms with Crippen LogP contribution in [-0.2, 0) is 0 Å². The monoisotopic (exact) mass is 246 g/mol. The molecule has 0 saturated heterocycles. The van der Waals surface area contributed by atoms with Crippen LogP contribution < -0.4 is 4.74 Å². The van der Waals surface area contributed by atoms with E-state index < -0.39 is 0 Å². The molecule has 3 nitrogen and oxygen atoms in total. The van der Waals surface area contributed by atoms with Gasteiger partial charge in [-0.15, -0.1) is 0 Å². The number of rotatable bonds is 3. The fraction of sp³-hybridized carbons (Fsp3) is 0.400. The van der Waals surface area contributed by atoms with Crippen LogP contribution >= 0.6 is 0 Å². The van der Waals surface area contributed by atoms with Crippen LogP contribution in [0.5, 0.6) is 11.5 Å². The SMILES string of the molecule is CCCC(=O)c1cc2c(cc1O)OC(C)(C)C=C2. The van der Waals surface area contributed by atoms with Gasteiger partial charge >= 0.3 is 0 Å². The second-order valence-corrected chi connectivity index (χ2v) is 5.12. The lowest BCUT2D eigenvalue weighted by molar-refractivity contribution is 0.0979. The number of fused-ring (bicyclic) bond motifs is 1. The van der Waals surface area contributed by atoms with Crippen LogP contribution in [-0.4, -0.2) is 16.5 Å². The van der Waals surface area contributed by atoms with E-state index in [1.54, 1.807) is 6.07 Å². The second kappa shape index (κ2) is 4.48. The van der Waals surface area contributed by atoms with Gasteiger partial charge < -0.3 is 9.84 Å². The molecule has 2 rings (SSSR count). The lowest BCUT2D eigenvalue weighted by Gasteiger charge is -2.28. The van der Waals surface area contributed by atoms with Gasteiger partial charge in [0.05, 0.1) is 5.56 Å². The maximum absolute atomic E-state index is 11.9. The van der Waals surface area contributed by atoms with E-state index in [0.717, 1.165) is 12.0 Å². The summed E-state index contributed by atoms with van der Waals surface area (Å²) in [6, 6.07) is 3.23. The van der Waals surface area contributed by atoms with Crippen molar-refractivity contribution in [1.82, 2.24) is 0 Å². The molecule has 1 aromatic carbocycles. The number of carbonyl (C=O) groups excluding carboxylic acids is 1. The van der Waals surface area contributed by atoms with Gasteiger partial charge in [-0.3, -0.25) is 4.79 Å². The van der Waals surface area contributed by atoms with E-state index in [9.17, 15) is 9.90 Å². The van der Waals surface area contributed by atoms with Crippen molar-refractivity contribution in [2.75, 3.05) is 0 Å². The summed E-state index contributed by atoms with van der Waals surface area (Å²) in [7, 11) is 0. The van der Waals surface area contributed by atoms with Crippen LogP contribution in [0.15, 0.2) is 18.2 Å². The molecule has 1 N–H and O–H groups in total. The van der Waals surface area contributed by atoms with Gasteiger partial charge in [-0.1, -0.05) is 13.0 Å². The third kappa shape index (κ3) is 2.40. The van der Waals surface area contributed by atoms with Crippen molar-refractivity contribution >= 4 is 11.9 Å². The fourth-order valence-corrected chi connectivity index (χ4v) is 2.00. The van der Waals surface area contributed by atoms with Gasteiger partial charge in [0, 0.05) is 18.1 Å². The molecule has 1 aromatic rings. The number of benzene rings is 1. The predicted molar refractivity (Wildman–Crippen MR) is 71.1 cm³/mol. The minimum absolute atomic E-state index is 0.00157. The summed E-state index contributed by atoms with van der Waals surface area (Å²) < 4.78 is 5.74. The van der Waals surface area contributed by atoms with Crippen LogP contribution in [0.1, 0.15) is 49.5 Å². The van der Waals surface area contributed by atoms with E-state index in [1.165, 1.54) is 6.07 Å². The molecular formula is C15H18O3. The molecule has 0 aliphatic carbocycles. The smallest absolute Gasteiger partial charge is 0.166 e. The minimum Gasteiger partial charge on any atom is -0.507 e. The molecule has 1 heterocycles. The molecule has 0 saturated carbocycles. The Labute approximate surface area is 107 Å². The number of Topliss-reactive ketones (excluding diaryl/α,β-unsaturated/α-hetero) is 1. The summed E-state index contributed by atoms with van der Waals surface area (Å²) in [5.74, 6) is 0.586. The van der Waals surface area contributed by atoms with Crippen LogP contribution in [0.2, 0.25) is 0 Å². The zero-order chi connectivity index (χ0) is 13.3. The molecule has 1 aliphatic heterocycles. The third-order valence-electron chi connectivity index (χ3n) is 2.94. The Morgan fingerprint density at radius 1 is 1.39 bits per heavy atom. The number of phenols is 1. The standard InChI is InChI=1S/C15H18O3/c1-4-5-12(16)11-8-10-6-7-15(2,3)18-14(10)9-13(11)17/h6-9,17H,4-5H2,1-3H3. The number of hydrogen-bond acceptors (Lipinski definition) is 3. The summed E-state index contributed by atoms with van der Waals surface area (Å²) in [4.78, 5) is 11.9. The molecule has 18 heavy (non-hydrogen) atoms. The minimum atomic E-state index is -0.381. The molecule has 0 radical (unpaired) electrons. The van der Waals surface area contributed by atoms with Gasteiger partial charge in [0.15, 0.2) is 5.78 Å². The van der Waals surface area contributed by atoms with E-state index in [1.807, 2.05) is 32.9 Å². The van der Waals surface area contributed by atoms with Crippen molar-refractivity contribution in [2.45, 2.75) is 39.2 Å². The first kappa shape index (κ1) is 12.7. The second-order valence-electron chi connectivity index (χ2n) is 5.12. The predicted octanol–water partition coefficient (Wildman–Crippen LogP) is 3.56. The average Bonchev–Trinajstić information content (AvgIpc) is 2.27. The van der Waals surface area contributed by atoms with Crippen molar-refractivity contribution in [2.24, 2.45) is 0 Å². The van der Waals surface area contributed by atoms with E-state index in [2.05, 4.69) is 0 Å². The Balaban J connectivity index is 2.41. The lowest BCUT2D eigenvalue weighted by atomic mass is 9.98. The Kier molecular flexibility index (Phi) is 3.16. The number of phenolic OH excluding ortho intramolecular Hbond substituents is 1. The highest BCUT2D eigenvalue weighted by molar-refractivity contribution is 5.99. The topological polar surface area (TPSA) is 46.5 Å². The van der Waals surface area contributed by atoms with Gasteiger partial charge in [-0.25, -0.2) is 0 Å². The molecular weight excluding hydrogens is 228 g/mol. The van der Waals surface area contributed by atoms with Crippen LogP contribution in [0.4, 0.5) is 0 Å². The van der Waals surface area contributed by atoms with Gasteiger partial charge in [-0.05, 0) is 32.4 Å². The molecule has 1 aliphatic rings. The first-order valence-corrected chi connectivity index (χ1v) is 6.21. The van der Waals surface area contributed by atoms with Crippen molar-refractivity contribution < 1.29 is 14.6 Å². The van der Waals surface area contributed by atoms with E-state index in [-0.39, 0.29) is 17.1 Å². The summed E-state index contributed by atoms with van der Waals surface area (Å²) in [6.45, 7) is 5.83. The number of ether oxygens (including phenoxy) is 1. The molecule has 0 fully saturated rings. The molecule has 96 valence electrons. The van der Waals surface area contributed by atoms with Gasteiger partial charge in [-0.2, -0.15) is 0 Å². The number of ketones is 1. The van der Waals surface area contributed by atoms with Crippen molar-refractivity contribution in [1.29, 1.82) is 0 Å². The first-order chi connectivity index (χ1) is 8.43. The lowest BCUT2D eigenvalue weighted by Crippen LogP contribution is -2.27. The van der Waals surface area contributed by atoms with Crippen LogP contribution in [0.3, 0.4) is 0 Å². The fourth-order valence-electron chi connectivity index (χ4n) is 2.00. The summed E-state index contributed by atoms with van der Waals surface area (Å²) in [6.07, 6.45) is 5.10. The maximum atomic E-state index is 11.9. The van der Waals surface area contributed by atoms with E-state index >= 15 is 0 Å². The highest BCUT2D eigenvalue weighted by atomic mass is 16.5. The van der Waals surface area contributed by atoms with E-state index in [4.69, 9.17) is 4.74 Å². The zero-order valence-corrected chi connectivity index (χ0v) is 11.0. The number of hydrogen-bond donors (Lipinski definition) is 1. The number of carbonyl (C=O) groups is 1. The molecule has 0 bridgehead atoms. The Hall–Kier alpha value is -1.77. The highest BCUT2D eigenvalue weighted by Crippen LogP contribution is 2.36. The van der Waals surface area contributed by atoms with Gasteiger partial charge in [0.25, 0.3) is 0 Å². The summed E-state index contributed by atoms with van der Waals surface area (Å²) in [5, 5.41) is 9.91. The first-order valence-electron chi connectivity index (χ1n) is 6.21. The van der Waals surface area contributed by atoms with Gasteiger partial charge in [0.2, 0.25) is 0 Å². The molecule has 0 unspecified atom stereocenters. The molecule has 0 atom stereocenters. The largest absolute Gasteiger partial charge is 0.507 e. The Morgan fingerprint density at radius 2 is 2.11 bits per heavy atom. The number of aromatic hydroxyl groups is 1. The molecule has 0 aromatic heterocycles. The van der Waals surface area contributed by atoms with Crippen molar-refractivity contribution in [3.63, 3.8) is 0 Å². The summed E-state index contributed by atoms with van der Waals surface area (Å²) >= 11 is 0. The summed E-state index contributed by atoms with van der Waals surface area (Å²) in [5.41, 5.74) is 0.837. The molecule has 0 spiro atoms. The average molecular weight is 246 g/mol. The maximum Gasteiger partial charge on any atom is 0.166 e. The van der Waals surface area contributed by atoms with Crippen LogP contribution in [0, 0.1) is 0 Å². The normalized spacial score (nSPS) is 15.9. The Morgan fingerprint density at radius 3 is 2.78 bits per heavy atom. The van der Waals surface area contributed by atoms with Crippen LogP contribution in [0.25, 0.3) is 6.08 Å². The van der Waals surface area contributed by atoms with E-state index in [0.29, 0.717) is 17.7 Å². The third-order valence-corrected chi connectivity index (χ3v) is 2.94.